The van der Waals surface area contributed by atoms with Crippen LogP contribution in [-0.2, 0) is 0 Å². The molecule has 3 nitrogen and oxygen atoms in total. The van der Waals surface area contributed by atoms with Crippen molar-refractivity contribution in [2.45, 2.75) is 0 Å². The molecular weight excluding hydrogens is 527 g/mol. The van der Waals surface area contributed by atoms with Crippen LogP contribution in [0.15, 0.2) is 127 Å². The van der Waals surface area contributed by atoms with Crippen LogP contribution in [0.4, 0.5) is 0 Å². The fraction of sp³-hybridized carbons (Fsp3) is 0. The number of thiophene rings is 1. The lowest BCUT2D eigenvalue weighted by Gasteiger charge is -2.10. The Bertz CT molecular complexity index is 2070. The third kappa shape index (κ3) is 3.99. The quantitative estimate of drug-likeness (QED) is 0.220. The van der Waals surface area contributed by atoms with Gasteiger partial charge >= 0.3 is 0 Å². The molecule has 5 aromatic carbocycles. The molecule has 0 radical (unpaired) electrons. The summed E-state index contributed by atoms with van der Waals surface area (Å²) in [6, 6.07) is 44.2. The number of hydrogen-bond acceptors (Lipinski definition) is 5. The molecule has 8 aromatic rings. The average molecular weight is 548 g/mol. The predicted octanol–water partition coefficient (Wildman–Crippen LogP) is 10.1. The summed E-state index contributed by atoms with van der Waals surface area (Å²) in [6.45, 7) is 0. The third-order valence-corrected chi connectivity index (χ3v) is 9.35. The number of benzene rings is 5. The normalized spacial score (nSPS) is 11.5. The molecule has 0 bridgehead atoms. The number of aromatic nitrogens is 3. The summed E-state index contributed by atoms with van der Waals surface area (Å²) in [7, 11) is 0. The van der Waals surface area contributed by atoms with Gasteiger partial charge in [-0.15, -0.1) is 22.7 Å². The number of thiazole rings is 1. The van der Waals surface area contributed by atoms with Crippen LogP contribution in [0.1, 0.15) is 0 Å². The first-order valence-corrected chi connectivity index (χ1v) is 14.7. The molecule has 0 atom stereocenters. The summed E-state index contributed by atoms with van der Waals surface area (Å²) in [4.78, 5) is 15.1. The lowest BCUT2D eigenvalue weighted by molar-refractivity contribution is 1.19. The number of hydrogen-bond donors (Lipinski definition) is 0. The van der Waals surface area contributed by atoms with Crippen LogP contribution in [0.25, 0.3) is 74.9 Å². The first kappa shape index (κ1) is 23.2. The fourth-order valence-corrected chi connectivity index (χ4v) is 7.36. The van der Waals surface area contributed by atoms with E-state index in [1.54, 1.807) is 11.3 Å². The van der Waals surface area contributed by atoms with Crippen molar-refractivity contribution in [3.05, 3.63) is 127 Å². The number of fused-ring (bicyclic) bond motifs is 4. The summed E-state index contributed by atoms with van der Waals surface area (Å²) in [6.07, 6.45) is 0. The van der Waals surface area contributed by atoms with E-state index in [9.17, 15) is 0 Å². The molecule has 0 saturated heterocycles. The highest BCUT2D eigenvalue weighted by atomic mass is 32.1. The van der Waals surface area contributed by atoms with E-state index >= 15 is 0 Å². The van der Waals surface area contributed by atoms with Crippen molar-refractivity contribution in [2.75, 3.05) is 0 Å². The maximum Gasteiger partial charge on any atom is 0.161 e. The molecule has 0 N–H and O–H groups in total. The Morgan fingerprint density at radius 3 is 1.85 bits per heavy atom. The van der Waals surface area contributed by atoms with Gasteiger partial charge in [-0.05, 0) is 30.3 Å². The highest BCUT2D eigenvalue weighted by molar-refractivity contribution is 7.26. The molecule has 40 heavy (non-hydrogen) atoms. The molecule has 0 aliphatic carbocycles. The molecular formula is C35H21N3S2. The number of nitrogens with zero attached hydrogens (tertiary/aromatic N) is 3. The van der Waals surface area contributed by atoms with Gasteiger partial charge < -0.3 is 0 Å². The number of rotatable bonds is 4. The largest absolute Gasteiger partial charge is 0.236 e. The summed E-state index contributed by atoms with van der Waals surface area (Å²) in [5.41, 5.74) is 7.23. The third-order valence-electron chi connectivity index (χ3n) is 7.14. The van der Waals surface area contributed by atoms with Gasteiger partial charge in [0.2, 0.25) is 0 Å². The predicted molar refractivity (Wildman–Crippen MR) is 170 cm³/mol. The van der Waals surface area contributed by atoms with Gasteiger partial charge in [0.1, 0.15) is 5.01 Å². The Morgan fingerprint density at radius 1 is 0.450 bits per heavy atom. The van der Waals surface area contributed by atoms with Crippen LogP contribution in [-0.4, -0.2) is 15.0 Å². The van der Waals surface area contributed by atoms with E-state index in [-0.39, 0.29) is 0 Å². The fourth-order valence-electron chi connectivity index (χ4n) is 5.22. The van der Waals surface area contributed by atoms with Crippen LogP contribution >= 0.6 is 22.7 Å². The summed E-state index contributed by atoms with van der Waals surface area (Å²) in [5.74, 6) is 0.737. The molecule has 0 spiro atoms. The molecule has 0 amide bonds. The second kappa shape index (κ2) is 9.49. The molecule has 3 aromatic heterocycles. The SMILES string of the molecule is c1ccc(-c2cc(-c3ccccc3)nc(-c3cccc4sc5cc(-c6nc7ccccc7s6)ccc5c34)n2)cc1. The van der Waals surface area contributed by atoms with E-state index in [1.807, 2.05) is 29.5 Å². The van der Waals surface area contributed by atoms with Gasteiger partial charge in [-0.2, -0.15) is 0 Å². The monoisotopic (exact) mass is 547 g/mol. The van der Waals surface area contributed by atoms with E-state index in [4.69, 9.17) is 15.0 Å². The van der Waals surface area contributed by atoms with E-state index in [0.717, 1.165) is 50.0 Å². The van der Waals surface area contributed by atoms with E-state index in [0.29, 0.717) is 0 Å². The second-order valence-electron chi connectivity index (χ2n) is 9.67. The average Bonchev–Trinajstić information content (AvgIpc) is 3.63. The minimum Gasteiger partial charge on any atom is -0.236 e. The minimum atomic E-state index is 0.737. The Balaban J connectivity index is 1.32. The van der Waals surface area contributed by atoms with E-state index < -0.39 is 0 Å². The molecule has 188 valence electrons. The van der Waals surface area contributed by atoms with Crippen LogP contribution in [0, 0.1) is 0 Å². The lowest BCUT2D eigenvalue weighted by atomic mass is 10.0. The molecule has 0 fully saturated rings. The van der Waals surface area contributed by atoms with E-state index in [1.165, 1.54) is 24.9 Å². The van der Waals surface area contributed by atoms with Crippen molar-refractivity contribution in [3.8, 4) is 44.5 Å². The molecule has 0 aliphatic rings. The van der Waals surface area contributed by atoms with Crippen LogP contribution < -0.4 is 0 Å². The minimum absolute atomic E-state index is 0.737. The van der Waals surface area contributed by atoms with Gasteiger partial charge in [0.25, 0.3) is 0 Å². The summed E-state index contributed by atoms with van der Waals surface area (Å²) >= 11 is 3.55. The highest BCUT2D eigenvalue weighted by Gasteiger charge is 2.17. The van der Waals surface area contributed by atoms with Crippen LogP contribution in [0.5, 0.6) is 0 Å². The van der Waals surface area contributed by atoms with Crippen molar-refractivity contribution in [1.29, 1.82) is 0 Å². The van der Waals surface area contributed by atoms with Gasteiger partial charge in [-0.3, -0.25) is 0 Å². The van der Waals surface area contributed by atoms with Crippen molar-refractivity contribution in [2.24, 2.45) is 0 Å². The maximum absolute atomic E-state index is 5.11. The molecule has 8 rings (SSSR count). The van der Waals surface area contributed by atoms with Crippen molar-refractivity contribution in [1.82, 2.24) is 15.0 Å². The van der Waals surface area contributed by atoms with Crippen molar-refractivity contribution < 1.29 is 0 Å². The van der Waals surface area contributed by atoms with E-state index in [2.05, 4.69) is 109 Å². The zero-order chi connectivity index (χ0) is 26.5. The summed E-state index contributed by atoms with van der Waals surface area (Å²) < 4.78 is 3.67. The van der Waals surface area contributed by atoms with Gasteiger partial charge in [-0.1, -0.05) is 97.1 Å². The smallest absolute Gasteiger partial charge is 0.161 e. The Hall–Kier alpha value is -4.71. The van der Waals surface area contributed by atoms with Crippen molar-refractivity contribution >= 4 is 53.1 Å². The van der Waals surface area contributed by atoms with Crippen LogP contribution in [0.3, 0.4) is 0 Å². The molecule has 3 heterocycles. The Kier molecular flexibility index (Phi) is 5.50. The molecule has 0 aliphatic heterocycles. The zero-order valence-corrected chi connectivity index (χ0v) is 22.9. The summed E-state index contributed by atoms with van der Waals surface area (Å²) in [5, 5.41) is 3.46. The first-order valence-electron chi connectivity index (χ1n) is 13.1. The van der Waals surface area contributed by atoms with Gasteiger partial charge in [-0.25, -0.2) is 15.0 Å². The Morgan fingerprint density at radius 2 is 1.12 bits per heavy atom. The van der Waals surface area contributed by atoms with Crippen molar-refractivity contribution in [3.63, 3.8) is 0 Å². The van der Waals surface area contributed by atoms with Gasteiger partial charge in [0.05, 0.1) is 21.6 Å². The number of para-hydroxylation sites is 1. The van der Waals surface area contributed by atoms with Gasteiger partial charge in [0.15, 0.2) is 5.82 Å². The van der Waals surface area contributed by atoms with Gasteiger partial charge in [0, 0.05) is 42.4 Å². The second-order valence-corrected chi connectivity index (χ2v) is 11.8. The zero-order valence-electron chi connectivity index (χ0n) is 21.3. The lowest BCUT2D eigenvalue weighted by Crippen LogP contribution is -1.96. The Labute approximate surface area is 239 Å². The standard InChI is InChI=1S/C35H21N3S2/c1-3-10-22(11-4-1)28-21-29(23-12-5-2-6-13-23)37-34(36-28)26-14-9-17-31-33(26)25-19-18-24(20-32(25)39-31)35-38-27-15-7-8-16-30(27)40-35/h1-21H. The maximum atomic E-state index is 5.11. The first-order chi connectivity index (χ1) is 19.8. The molecule has 5 heteroatoms. The van der Waals surface area contributed by atoms with Crippen LogP contribution in [0.2, 0.25) is 0 Å². The highest BCUT2D eigenvalue weighted by Crippen LogP contribution is 2.42. The molecule has 0 saturated carbocycles. The topological polar surface area (TPSA) is 38.7 Å². The molecule has 0 unspecified atom stereocenters.